The minimum absolute atomic E-state index is 0.178. The molecule has 0 unspecified atom stereocenters. The Hall–Kier alpha value is -6.22. The summed E-state index contributed by atoms with van der Waals surface area (Å²) in [6, 6.07) is 15.2. The van der Waals surface area contributed by atoms with E-state index in [0.29, 0.717) is 42.3 Å². The summed E-state index contributed by atoms with van der Waals surface area (Å²) in [5, 5.41) is 9.88. The number of nitrogens with zero attached hydrogens (tertiary/aromatic N) is 10. The van der Waals surface area contributed by atoms with Crippen LogP contribution in [0.3, 0.4) is 0 Å². The van der Waals surface area contributed by atoms with Gasteiger partial charge in [0.25, 0.3) is 0 Å². The second-order valence-corrected chi connectivity index (χ2v) is 14.9. The Labute approximate surface area is 335 Å². The third kappa shape index (κ3) is 7.74. The van der Waals surface area contributed by atoms with Gasteiger partial charge in [-0.05, 0) is 59.0 Å². The monoisotopic (exact) mass is 828 g/mol. The van der Waals surface area contributed by atoms with Crippen LogP contribution in [0.1, 0.15) is 27.1 Å². The van der Waals surface area contributed by atoms with Gasteiger partial charge in [0.1, 0.15) is 34.6 Å². The van der Waals surface area contributed by atoms with E-state index < -0.39 is 6.36 Å². The van der Waals surface area contributed by atoms with Gasteiger partial charge in [-0.3, -0.25) is 14.0 Å². The summed E-state index contributed by atoms with van der Waals surface area (Å²) < 4.78 is 62.9. The number of hydrogen-bond donors (Lipinski definition) is 0. The van der Waals surface area contributed by atoms with Crippen LogP contribution in [0.4, 0.5) is 13.2 Å². The molecule has 2 aromatic carbocycles. The molecular weight excluding hydrogens is 794 g/mol. The predicted octanol–water partition coefficient (Wildman–Crippen LogP) is 4.45. The molecule has 20 heteroatoms. The van der Waals surface area contributed by atoms with E-state index in [-0.39, 0.29) is 23.7 Å². The second kappa shape index (κ2) is 15.9. The zero-order chi connectivity index (χ0) is 40.7. The number of morpholine rings is 1. The quantitative estimate of drug-likeness (QED) is 0.212. The van der Waals surface area contributed by atoms with Gasteiger partial charge in [0.05, 0.1) is 57.4 Å². The number of thiophene rings is 1. The number of hydrogen-bond acceptors (Lipinski definition) is 13. The third-order valence-corrected chi connectivity index (χ3v) is 11.3. The Morgan fingerprint density at radius 2 is 1.39 bits per heavy atom. The average molecular weight is 829 g/mol. The Morgan fingerprint density at radius 3 is 2.08 bits per heavy atom. The van der Waals surface area contributed by atoms with Crippen LogP contribution in [0, 0.1) is 0 Å². The number of fused-ring (bicyclic) bond motifs is 8. The fraction of sp³-hybridized carbons (Fsp3) is 0.308. The van der Waals surface area contributed by atoms with Crippen LogP contribution < -0.4 is 20.9 Å². The number of aromatic nitrogens is 9. The van der Waals surface area contributed by atoms with Crippen LogP contribution >= 0.6 is 11.3 Å². The van der Waals surface area contributed by atoms with Gasteiger partial charge in [-0.25, -0.2) is 24.5 Å². The van der Waals surface area contributed by atoms with E-state index in [4.69, 9.17) is 14.2 Å². The van der Waals surface area contributed by atoms with E-state index in [0.717, 1.165) is 82.2 Å². The maximum atomic E-state index is 13.1. The summed E-state index contributed by atoms with van der Waals surface area (Å²) in [5.41, 5.74) is 4.82. The highest BCUT2D eigenvalue weighted by molar-refractivity contribution is 7.19. The summed E-state index contributed by atoms with van der Waals surface area (Å²) in [7, 11) is 1.63. The molecule has 2 aliphatic rings. The van der Waals surface area contributed by atoms with Crippen molar-refractivity contribution in [2.45, 2.75) is 39.0 Å². The van der Waals surface area contributed by atoms with Crippen molar-refractivity contribution in [3.05, 3.63) is 122 Å². The SMILES string of the molecule is COc1ccc(Cn2c(=O)n3ncnc3c3cc(CN4CCOCC4)cnc32)cc1.O=c1n(Cc2ccc(OC(F)(F)F)cc2)c2sc3c(c2c2ncnn12)CCOC3. The summed E-state index contributed by atoms with van der Waals surface area (Å²) >= 11 is 1.47. The van der Waals surface area contributed by atoms with E-state index in [9.17, 15) is 22.8 Å². The molecule has 8 heterocycles. The van der Waals surface area contributed by atoms with Crippen LogP contribution in [0.2, 0.25) is 0 Å². The van der Waals surface area contributed by atoms with Gasteiger partial charge in [0, 0.05) is 30.7 Å². The number of pyridine rings is 1. The van der Waals surface area contributed by atoms with E-state index in [1.54, 1.807) is 16.2 Å². The summed E-state index contributed by atoms with van der Waals surface area (Å²) in [4.78, 5) is 43.4. The Kier molecular flexibility index (Phi) is 10.3. The highest BCUT2D eigenvalue weighted by Gasteiger charge is 2.31. The maximum Gasteiger partial charge on any atom is 0.573 e. The highest BCUT2D eigenvalue weighted by Crippen LogP contribution is 2.36. The van der Waals surface area contributed by atoms with Crippen molar-refractivity contribution in [3.8, 4) is 11.5 Å². The number of alkyl halides is 3. The van der Waals surface area contributed by atoms with E-state index in [1.807, 2.05) is 30.5 Å². The molecule has 0 saturated carbocycles. The predicted molar refractivity (Wildman–Crippen MR) is 209 cm³/mol. The standard InChI is InChI=1S/C21H22N6O3.C18H13F3N4O3S/c1-29-17-4-2-15(3-5-17)13-26-19-18(20-23-14-24-27(20)21(26)28)10-16(11-22-19)12-25-6-8-30-9-7-25;19-18(20,21)28-11-3-1-10(2-4-11)7-24-16-14(12-5-6-27-8-13(12)29-16)15-22-9-23-25(15)17(24)26/h2-5,10-11,14H,6-9,12-13H2,1H3;1-4,9H,5-8H2. The molecule has 1 fully saturated rings. The first kappa shape index (κ1) is 38.3. The molecule has 0 spiro atoms. The molecule has 0 radical (unpaired) electrons. The summed E-state index contributed by atoms with van der Waals surface area (Å²) in [6.07, 6.45) is 0.560. The van der Waals surface area contributed by atoms with Gasteiger partial charge in [-0.15, -0.1) is 24.5 Å². The smallest absolute Gasteiger partial charge is 0.497 e. The van der Waals surface area contributed by atoms with Gasteiger partial charge >= 0.3 is 17.7 Å². The minimum Gasteiger partial charge on any atom is -0.497 e. The third-order valence-electron chi connectivity index (χ3n) is 10.1. The average Bonchev–Trinajstić information content (AvgIpc) is 4.02. The van der Waals surface area contributed by atoms with E-state index in [2.05, 4.69) is 40.9 Å². The molecule has 1 saturated heterocycles. The molecular formula is C39H35F3N10O6S. The molecule has 0 bridgehead atoms. The second-order valence-electron chi connectivity index (χ2n) is 13.9. The molecule has 16 nitrogen and oxygen atoms in total. The van der Waals surface area contributed by atoms with E-state index >= 15 is 0 Å². The zero-order valence-corrected chi connectivity index (χ0v) is 32.3. The van der Waals surface area contributed by atoms with Crippen LogP contribution in [0.15, 0.2) is 83.0 Å². The van der Waals surface area contributed by atoms with Crippen molar-refractivity contribution in [2.24, 2.45) is 0 Å². The van der Waals surface area contributed by atoms with Crippen molar-refractivity contribution in [3.63, 3.8) is 0 Å². The Balaban J connectivity index is 0.000000152. The fourth-order valence-corrected chi connectivity index (χ4v) is 8.59. The van der Waals surface area contributed by atoms with Gasteiger partial charge in [-0.1, -0.05) is 24.3 Å². The molecule has 0 N–H and O–H groups in total. The Bertz CT molecular complexity index is 2920. The molecule has 8 aromatic rings. The molecule has 6 aromatic heterocycles. The summed E-state index contributed by atoms with van der Waals surface area (Å²) in [5.74, 6) is 0.461. The summed E-state index contributed by atoms with van der Waals surface area (Å²) in [6.45, 7) is 5.71. The van der Waals surface area contributed by atoms with Crippen molar-refractivity contribution < 1.29 is 32.1 Å². The van der Waals surface area contributed by atoms with Crippen LogP contribution in [-0.2, 0) is 42.1 Å². The van der Waals surface area contributed by atoms with Gasteiger partial charge in [-0.2, -0.15) is 19.2 Å². The van der Waals surface area contributed by atoms with E-state index in [1.165, 1.54) is 57.3 Å². The first-order valence-corrected chi connectivity index (χ1v) is 19.4. The first-order valence-electron chi connectivity index (χ1n) is 18.6. The molecule has 304 valence electrons. The van der Waals surface area contributed by atoms with Crippen LogP contribution in [-0.4, -0.2) is 94.6 Å². The first-order chi connectivity index (χ1) is 28.6. The fourth-order valence-electron chi connectivity index (χ4n) is 7.32. The van der Waals surface area contributed by atoms with Crippen LogP contribution in [0.25, 0.3) is 32.5 Å². The number of benzene rings is 2. The molecule has 10 rings (SSSR count). The molecule has 2 aliphatic heterocycles. The van der Waals surface area contributed by atoms with Crippen molar-refractivity contribution in [2.75, 3.05) is 40.0 Å². The number of ether oxygens (including phenoxy) is 4. The molecule has 0 amide bonds. The topological polar surface area (TPSA) is 157 Å². The number of rotatable bonds is 8. The number of methoxy groups -OCH3 is 1. The molecule has 0 atom stereocenters. The van der Waals surface area contributed by atoms with Gasteiger partial charge < -0.3 is 18.9 Å². The van der Waals surface area contributed by atoms with Crippen molar-refractivity contribution in [1.82, 2.24) is 48.2 Å². The highest BCUT2D eigenvalue weighted by atomic mass is 32.1. The normalized spacial score (nSPS) is 14.8. The zero-order valence-electron chi connectivity index (χ0n) is 31.5. The van der Waals surface area contributed by atoms with Crippen molar-refractivity contribution in [1.29, 1.82) is 0 Å². The van der Waals surface area contributed by atoms with Crippen molar-refractivity contribution >= 4 is 43.9 Å². The van der Waals surface area contributed by atoms with Gasteiger partial charge in [0.2, 0.25) is 0 Å². The minimum atomic E-state index is -4.75. The van der Waals surface area contributed by atoms with Gasteiger partial charge in [0.15, 0.2) is 11.3 Å². The molecule has 59 heavy (non-hydrogen) atoms. The lowest BCUT2D eigenvalue weighted by atomic mass is 10.1. The van der Waals surface area contributed by atoms with Crippen LogP contribution in [0.5, 0.6) is 11.5 Å². The largest absolute Gasteiger partial charge is 0.573 e. The maximum absolute atomic E-state index is 13.1. The molecule has 0 aliphatic carbocycles. The number of halogens is 3. The lowest BCUT2D eigenvalue weighted by molar-refractivity contribution is -0.274. The Morgan fingerprint density at radius 1 is 0.746 bits per heavy atom. The lowest BCUT2D eigenvalue weighted by Gasteiger charge is -2.26. The lowest BCUT2D eigenvalue weighted by Crippen LogP contribution is -2.35.